The number of aromatic hydroxyl groups is 1. The van der Waals surface area contributed by atoms with Crippen LogP contribution in [0.3, 0.4) is 0 Å². The molecular weight excluding hydrogens is 328 g/mol. The average molecular weight is 351 g/mol. The Morgan fingerprint density at radius 3 is 2.62 bits per heavy atom. The molecule has 0 amide bonds. The third kappa shape index (κ3) is 4.13. The van der Waals surface area contributed by atoms with Crippen molar-refractivity contribution in [1.82, 2.24) is 0 Å². The standard InChI is InChI=1S/C18H23BrO2/c1-3-14(19)8-6-7-11-21-17-12-13(2)18(20)16-10-5-4-9-15(16)17/h4-5,9-10,12,14,20H,3,6-8,11H2,1-2H3. The molecule has 0 aliphatic rings. The van der Waals surface area contributed by atoms with Crippen molar-refractivity contribution in [2.24, 2.45) is 0 Å². The van der Waals surface area contributed by atoms with Crippen LogP contribution in [0.25, 0.3) is 10.8 Å². The summed E-state index contributed by atoms with van der Waals surface area (Å²) in [5.74, 6) is 1.22. The number of aryl methyl sites for hydroxylation is 1. The lowest BCUT2D eigenvalue weighted by Crippen LogP contribution is -2.01. The van der Waals surface area contributed by atoms with Crippen LogP contribution in [0.5, 0.6) is 11.5 Å². The molecule has 3 heteroatoms. The van der Waals surface area contributed by atoms with Gasteiger partial charge in [0.25, 0.3) is 0 Å². The molecule has 0 bridgehead atoms. The monoisotopic (exact) mass is 350 g/mol. The molecule has 0 spiro atoms. The number of ether oxygens (including phenoxy) is 1. The normalized spacial score (nSPS) is 12.5. The van der Waals surface area contributed by atoms with E-state index in [1.54, 1.807) is 0 Å². The third-order valence-electron chi connectivity index (χ3n) is 3.78. The molecule has 1 N–H and O–H groups in total. The molecule has 0 aliphatic heterocycles. The van der Waals surface area contributed by atoms with Gasteiger partial charge in [-0.25, -0.2) is 0 Å². The maximum absolute atomic E-state index is 10.1. The van der Waals surface area contributed by atoms with Crippen LogP contribution in [-0.4, -0.2) is 16.5 Å². The summed E-state index contributed by atoms with van der Waals surface area (Å²) in [4.78, 5) is 0.620. The van der Waals surface area contributed by atoms with E-state index in [-0.39, 0.29) is 0 Å². The summed E-state index contributed by atoms with van der Waals surface area (Å²) in [6, 6.07) is 9.76. The van der Waals surface area contributed by atoms with Gasteiger partial charge in [-0.05, 0) is 44.2 Å². The third-order valence-corrected chi connectivity index (χ3v) is 4.89. The minimum Gasteiger partial charge on any atom is -0.507 e. The van der Waals surface area contributed by atoms with Crippen molar-refractivity contribution in [3.8, 4) is 11.5 Å². The van der Waals surface area contributed by atoms with Crippen LogP contribution >= 0.6 is 15.9 Å². The molecule has 0 radical (unpaired) electrons. The number of alkyl halides is 1. The topological polar surface area (TPSA) is 29.5 Å². The van der Waals surface area contributed by atoms with Crippen LogP contribution in [0.1, 0.15) is 38.2 Å². The average Bonchev–Trinajstić information content (AvgIpc) is 2.51. The van der Waals surface area contributed by atoms with Gasteiger partial charge in [-0.2, -0.15) is 0 Å². The summed E-state index contributed by atoms with van der Waals surface area (Å²) >= 11 is 3.66. The summed E-state index contributed by atoms with van der Waals surface area (Å²) in [7, 11) is 0. The summed E-state index contributed by atoms with van der Waals surface area (Å²) < 4.78 is 5.94. The van der Waals surface area contributed by atoms with E-state index in [1.807, 2.05) is 37.3 Å². The van der Waals surface area contributed by atoms with E-state index in [0.717, 1.165) is 35.1 Å². The smallest absolute Gasteiger partial charge is 0.127 e. The van der Waals surface area contributed by atoms with Crippen LogP contribution < -0.4 is 4.74 Å². The largest absolute Gasteiger partial charge is 0.507 e. The number of halogens is 1. The first-order chi connectivity index (χ1) is 10.1. The lowest BCUT2D eigenvalue weighted by Gasteiger charge is -2.13. The zero-order valence-electron chi connectivity index (χ0n) is 12.7. The molecule has 2 aromatic rings. The highest BCUT2D eigenvalue weighted by atomic mass is 79.9. The second kappa shape index (κ2) is 7.69. The van der Waals surface area contributed by atoms with Gasteiger partial charge >= 0.3 is 0 Å². The molecule has 2 rings (SSSR count). The number of unbranched alkanes of at least 4 members (excludes halogenated alkanes) is 1. The molecule has 0 saturated carbocycles. The van der Waals surface area contributed by atoms with E-state index in [4.69, 9.17) is 4.74 Å². The number of phenolic OH excluding ortho intramolecular Hbond substituents is 1. The van der Waals surface area contributed by atoms with Crippen molar-refractivity contribution >= 4 is 26.7 Å². The maximum atomic E-state index is 10.1. The molecule has 1 unspecified atom stereocenters. The summed E-state index contributed by atoms with van der Waals surface area (Å²) in [5.41, 5.74) is 0.857. The summed E-state index contributed by atoms with van der Waals surface area (Å²) in [6.45, 7) is 4.82. The Kier molecular flexibility index (Phi) is 5.92. The van der Waals surface area contributed by atoms with Gasteiger partial charge in [-0.3, -0.25) is 0 Å². The fraction of sp³-hybridized carbons (Fsp3) is 0.444. The van der Waals surface area contributed by atoms with Crippen molar-refractivity contribution in [1.29, 1.82) is 0 Å². The van der Waals surface area contributed by atoms with Crippen LogP contribution in [0, 0.1) is 6.92 Å². The highest BCUT2D eigenvalue weighted by Crippen LogP contribution is 2.35. The molecule has 21 heavy (non-hydrogen) atoms. The number of benzene rings is 2. The zero-order chi connectivity index (χ0) is 15.2. The Morgan fingerprint density at radius 2 is 1.90 bits per heavy atom. The Bertz CT molecular complexity index is 595. The van der Waals surface area contributed by atoms with E-state index in [0.29, 0.717) is 10.6 Å². The molecular formula is C18H23BrO2. The Hall–Kier alpha value is -1.22. The first-order valence-electron chi connectivity index (χ1n) is 7.61. The molecule has 0 saturated heterocycles. The molecule has 2 nitrogen and oxygen atoms in total. The van der Waals surface area contributed by atoms with Gasteiger partial charge in [-0.1, -0.05) is 47.1 Å². The Labute approximate surface area is 135 Å². The SMILES string of the molecule is CCC(Br)CCCCOc1cc(C)c(O)c2ccccc12. The summed E-state index contributed by atoms with van der Waals surface area (Å²) in [6.07, 6.45) is 4.58. The van der Waals surface area contributed by atoms with Crippen molar-refractivity contribution < 1.29 is 9.84 Å². The maximum Gasteiger partial charge on any atom is 0.127 e. The Balaban J connectivity index is 2.01. The zero-order valence-corrected chi connectivity index (χ0v) is 14.3. The predicted octanol–water partition coefficient (Wildman–Crippen LogP) is 5.58. The minimum atomic E-state index is 0.350. The number of hydrogen-bond donors (Lipinski definition) is 1. The molecule has 114 valence electrons. The van der Waals surface area contributed by atoms with E-state index in [9.17, 15) is 5.11 Å². The fourth-order valence-corrected chi connectivity index (χ4v) is 2.76. The van der Waals surface area contributed by atoms with Gasteiger partial charge in [0.1, 0.15) is 11.5 Å². The van der Waals surface area contributed by atoms with Gasteiger partial charge in [0.2, 0.25) is 0 Å². The lowest BCUT2D eigenvalue weighted by atomic mass is 10.0. The molecule has 0 aliphatic carbocycles. The molecule has 2 aromatic carbocycles. The number of fused-ring (bicyclic) bond motifs is 1. The summed E-state index contributed by atoms with van der Waals surface area (Å²) in [5, 5.41) is 12.0. The van der Waals surface area contributed by atoms with Crippen LogP contribution in [0.2, 0.25) is 0 Å². The van der Waals surface area contributed by atoms with E-state index in [2.05, 4.69) is 22.9 Å². The van der Waals surface area contributed by atoms with Crippen LogP contribution in [0.15, 0.2) is 30.3 Å². The van der Waals surface area contributed by atoms with Gasteiger partial charge in [0.05, 0.1) is 6.61 Å². The van der Waals surface area contributed by atoms with Crippen molar-refractivity contribution in [2.75, 3.05) is 6.61 Å². The first kappa shape index (κ1) is 16.2. The first-order valence-corrected chi connectivity index (χ1v) is 8.53. The fourth-order valence-electron chi connectivity index (χ4n) is 2.43. The lowest BCUT2D eigenvalue weighted by molar-refractivity contribution is 0.308. The van der Waals surface area contributed by atoms with Gasteiger partial charge in [0.15, 0.2) is 0 Å². The number of rotatable bonds is 7. The van der Waals surface area contributed by atoms with E-state index >= 15 is 0 Å². The van der Waals surface area contributed by atoms with Gasteiger partial charge < -0.3 is 9.84 Å². The van der Waals surface area contributed by atoms with Crippen LogP contribution in [-0.2, 0) is 0 Å². The second-order valence-electron chi connectivity index (χ2n) is 5.44. The van der Waals surface area contributed by atoms with E-state index in [1.165, 1.54) is 19.3 Å². The van der Waals surface area contributed by atoms with Crippen molar-refractivity contribution in [2.45, 2.75) is 44.4 Å². The number of phenols is 1. The second-order valence-corrected chi connectivity index (χ2v) is 6.73. The molecule has 1 atom stereocenters. The quantitative estimate of drug-likeness (QED) is 0.521. The predicted molar refractivity (Wildman–Crippen MR) is 92.7 cm³/mol. The van der Waals surface area contributed by atoms with Crippen molar-refractivity contribution in [3.63, 3.8) is 0 Å². The van der Waals surface area contributed by atoms with Crippen molar-refractivity contribution in [3.05, 3.63) is 35.9 Å². The highest BCUT2D eigenvalue weighted by Gasteiger charge is 2.09. The van der Waals surface area contributed by atoms with Gasteiger partial charge in [-0.15, -0.1) is 0 Å². The van der Waals surface area contributed by atoms with Crippen LogP contribution in [0.4, 0.5) is 0 Å². The molecule has 0 heterocycles. The highest BCUT2D eigenvalue weighted by molar-refractivity contribution is 9.09. The Morgan fingerprint density at radius 1 is 1.19 bits per heavy atom. The minimum absolute atomic E-state index is 0.350. The number of hydrogen-bond acceptors (Lipinski definition) is 2. The van der Waals surface area contributed by atoms with E-state index < -0.39 is 0 Å². The molecule has 0 fully saturated rings. The molecule has 0 aromatic heterocycles. The van der Waals surface area contributed by atoms with Gasteiger partial charge in [0, 0.05) is 15.6 Å².